The number of nitrogens with one attached hydrogen (secondary N) is 2. The Hall–Kier alpha value is -2.53. The van der Waals surface area contributed by atoms with E-state index >= 15 is 0 Å². The largest absolute Gasteiger partial charge is 0.395 e. The average Bonchev–Trinajstić information content (AvgIpc) is 3.33. The smallest absolute Gasteiger partial charge is 0.321 e. The van der Waals surface area contributed by atoms with E-state index < -0.39 is 0 Å². The Morgan fingerprint density at radius 2 is 1.89 bits per heavy atom. The molecule has 186 valence electrons. The van der Waals surface area contributed by atoms with Gasteiger partial charge in [0.15, 0.2) is 5.13 Å². The van der Waals surface area contributed by atoms with Crippen molar-refractivity contribution in [3.63, 3.8) is 0 Å². The van der Waals surface area contributed by atoms with Gasteiger partial charge in [-0.25, -0.2) is 14.8 Å². The van der Waals surface area contributed by atoms with Gasteiger partial charge < -0.3 is 15.3 Å². The number of benzene rings is 1. The van der Waals surface area contributed by atoms with E-state index in [2.05, 4.69) is 72.3 Å². The third-order valence-electron chi connectivity index (χ3n) is 6.31. The lowest BCUT2D eigenvalue weighted by Gasteiger charge is -2.35. The zero-order valence-electron chi connectivity index (χ0n) is 20.0. The Kier molecular flexibility index (Phi) is 8.38. The molecular formula is C25H31BrN6O2S. The number of hydrogen-bond donors (Lipinski definition) is 3. The summed E-state index contributed by atoms with van der Waals surface area (Å²) in [5.41, 5.74) is 2.73. The molecule has 3 N–H and O–H groups in total. The Morgan fingerprint density at radius 3 is 2.54 bits per heavy atom. The van der Waals surface area contributed by atoms with Crippen LogP contribution in [0.15, 0.2) is 52.4 Å². The molecule has 1 saturated heterocycles. The Bertz CT molecular complexity index is 1110. The van der Waals surface area contributed by atoms with Crippen molar-refractivity contribution in [2.24, 2.45) is 0 Å². The van der Waals surface area contributed by atoms with Crippen LogP contribution in [0.5, 0.6) is 0 Å². The number of pyridine rings is 1. The van der Waals surface area contributed by atoms with Crippen molar-refractivity contribution >= 4 is 44.2 Å². The summed E-state index contributed by atoms with van der Waals surface area (Å²) in [6.45, 7) is 9.17. The fourth-order valence-corrected chi connectivity index (χ4v) is 5.14. The van der Waals surface area contributed by atoms with E-state index in [4.69, 9.17) is 5.11 Å². The fraction of sp³-hybridized carbons (Fsp3) is 0.400. The molecule has 4 rings (SSSR count). The van der Waals surface area contributed by atoms with Crippen molar-refractivity contribution in [2.75, 3.05) is 49.5 Å². The number of aromatic nitrogens is 2. The lowest BCUT2D eigenvalue weighted by atomic mass is 9.82. The number of carbonyl (C=O) groups excluding carboxylic acids is 1. The van der Waals surface area contributed by atoms with Gasteiger partial charge in [-0.15, -0.1) is 11.3 Å². The minimum absolute atomic E-state index is 0.196. The van der Waals surface area contributed by atoms with Crippen molar-refractivity contribution in [1.29, 1.82) is 0 Å². The van der Waals surface area contributed by atoms with Crippen LogP contribution in [0.3, 0.4) is 0 Å². The standard InChI is InChI=1S/C25H31BrN6O2S/c1-25(2,19-4-6-20(26)7-5-19)21-17-35-24(29-21)30-23(34)28-16-18-3-8-22(27-15-18)32-11-9-31(10-12-32)13-14-33/h3-8,15,17,33H,9-14,16H2,1-2H3,(H2,28,29,30,34). The van der Waals surface area contributed by atoms with Crippen LogP contribution in [0.25, 0.3) is 0 Å². The predicted octanol–water partition coefficient (Wildman–Crippen LogP) is 4.06. The molecule has 3 aromatic rings. The molecular weight excluding hydrogens is 528 g/mol. The molecule has 1 aliphatic rings. The van der Waals surface area contributed by atoms with Crippen molar-refractivity contribution in [1.82, 2.24) is 20.2 Å². The zero-order chi connectivity index (χ0) is 24.8. The zero-order valence-corrected chi connectivity index (χ0v) is 22.4. The van der Waals surface area contributed by atoms with E-state index in [-0.39, 0.29) is 18.1 Å². The maximum atomic E-state index is 12.4. The second-order valence-corrected chi connectivity index (χ2v) is 10.8. The molecule has 0 radical (unpaired) electrons. The van der Waals surface area contributed by atoms with Crippen molar-refractivity contribution < 1.29 is 9.90 Å². The highest BCUT2D eigenvalue weighted by molar-refractivity contribution is 9.10. The summed E-state index contributed by atoms with van der Waals surface area (Å²) in [5, 5.41) is 17.4. The number of aliphatic hydroxyl groups excluding tert-OH is 1. The Labute approximate surface area is 218 Å². The SMILES string of the molecule is CC(C)(c1ccc(Br)cc1)c1csc(NC(=O)NCc2ccc(N3CCN(CCO)CC3)nc2)n1. The number of urea groups is 1. The molecule has 0 bridgehead atoms. The number of rotatable bonds is 8. The van der Waals surface area contributed by atoms with Gasteiger partial charge >= 0.3 is 6.03 Å². The highest BCUT2D eigenvalue weighted by Gasteiger charge is 2.26. The maximum absolute atomic E-state index is 12.4. The summed E-state index contributed by atoms with van der Waals surface area (Å²) in [4.78, 5) is 26.2. The van der Waals surface area contributed by atoms with E-state index in [0.717, 1.165) is 59.8 Å². The number of aliphatic hydroxyl groups is 1. The van der Waals surface area contributed by atoms with Gasteiger partial charge in [-0.05, 0) is 29.3 Å². The first-order valence-corrected chi connectivity index (χ1v) is 13.3. The Morgan fingerprint density at radius 1 is 1.14 bits per heavy atom. The number of β-amino-alcohol motifs (C(OH)–C–C–N with tert-alkyl or cyclic N) is 1. The van der Waals surface area contributed by atoms with Crippen LogP contribution in [0.4, 0.5) is 15.7 Å². The number of thiazole rings is 1. The van der Waals surface area contributed by atoms with E-state index in [1.807, 2.05) is 29.6 Å². The lowest BCUT2D eigenvalue weighted by molar-refractivity contribution is 0.188. The molecule has 0 aliphatic carbocycles. The monoisotopic (exact) mass is 558 g/mol. The molecule has 8 nitrogen and oxygen atoms in total. The second kappa shape index (κ2) is 11.5. The second-order valence-electron chi connectivity index (χ2n) is 9.05. The summed E-state index contributed by atoms with van der Waals surface area (Å²) in [5.74, 6) is 0.936. The first kappa shape index (κ1) is 25.6. The molecule has 0 spiro atoms. The van der Waals surface area contributed by atoms with Crippen LogP contribution in [0.2, 0.25) is 0 Å². The van der Waals surface area contributed by atoms with Gasteiger partial charge in [-0.3, -0.25) is 10.2 Å². The topological polar surface area (TPSA) is 93.6 Å². The van der Waals surface area contributed by atoms with E-state index in [0.29, 0.717) is 11.7 Å². The maximum Gasteiger partial charge on any atom is 0.321 e. The summed E-state index contributed by atoms with van der Waals surface area (Å²) in [6, 6.07) is 11.9. The van der Waals surface area contributed by atoms with Crippen molar-refractivity contribution in [3.8, 4) is 0 Å². The number of amides is 2. The number of carbonyl (C=O) groups is 1. The molecule has 3 heterocycles. The van der Waals surface area contributed by atoms with E-state index in [1.165, 1.54) is 11.3 Å². The molecule has 0 atom stereocenters. The number of nitrogens with zero attached hydrogens (tertiary/aromatic N) is 4. The lowest BCUT2D eigenvalue weighted by Crippen LogP contribution is -2.47. The molecule has 0 saturated carbocycles. The summed E-state index contributed by atoms with van der Waals surface area (Å²) in [6.07, 6.45) is 1.80. The van der Waals surface area contributed by atoms with Crippen molar-refractivity contribution in [3.05, 3.63) is 69.3 Å². The summed E-state index contributed by atoms with van der Waals surface area (Å²) >= 11 is 4.89. The molecule has 1 fully saturated rings. The average molecular weight is 560 g/mol. The summed E-state index contributed by atoms with van der Waals surface area (Å²) in [7, 11) is 0. The molecule has 2 aromatic heterocycles. The molecule has 0 unspecified atom stereocenters. The van der Waals surface area contributed by atoms with Crippen LogP contribution in [-0.2, 0) is 12.0 Å². The first-order valence-electron chi connectivity index (χ1n) is 11.6. The van der Waals surface area contributed by atoms with Gasteiger partial charge in [0.25, 0.3) is 0 Å². The molecule has 2 amide bonds. The number of halogens is 1. The quantitative estimate of drug-likeness (QED) is 0.386. The Balaban J connectivity index is 1.27. The summed E-state index contributed by atoms with van der Waals surface area (Å²) < 4.78 is 1.04. The molecule has 1 aromatic carbocycles. The number of anilines is 2. The highest BCUT2D eigenvalue weighted by Crippen LogP contribution is 2.34. The van der Waals surface area contributed by atoms with Gasteiger partial charge in [-0.2, -0.15) is 0 Å². The van der Waals surface area contributed by atoms with Crippen LogP contribution >= 0.6 is 27.3 Å². The molecule has 10 heteroatoms. The first-order chi connectivity index (χ1) is 16.8. The normalized spacial score (nSPS) is 14.7. The van der Waals surface area contributed by atoms with Crippen LogP contribution < -0.4 is 15.5 Å². The minimum atomic E-state index is -0.295. The van der Waals surface area contributed by atoms with Crippen LogP contribution in [0, 0.1) is 0 Å². The van der Waals surface area contributed by atoms with Crippen LogP contribution in [0.1, 0.15) is 30.7 Å². The van der Waals surface area contributed by atoms with Gasteiger partial charge in [0.05, 0.1) is 12.3 Å². The molecule has 1 aliphatic heterocycles. The van der Waals surface area contributed by atoms with Gasteiger partial charge in [0, 0.05) is 60.7 Å². The highest BCUT2D eigenvalue weighted by atomic mass is 79.9. The van der Waals surface area contributed by atoms with Gasteiger partial charge in [0.2, 0.25) is 0 Å². The van der Waals surface area contributed by atoms with Gasteiger partial charge in [0.1, 0.15) is 5.82 Å². The van der Waals surface area contributed by atoms with Crippen LogP contribution in [-0.4, -0.2) is 65.3 Å². The third kappa shape index (κ3) is 6.58. The van der Waals surface area contributed by atoms with Gasteiger partial charge in [-0.1, -0.05) is 48.0 Å². The number of piperazine rings is 1. The fourth-order valence-electron chi connectivity index (χ4n) is 4.01. The third-order valence-corrected chi connectivity index (χ3v) is 7.59. The van der Waals surface area contributed by atoms with E-state index in [9.17, 15) is 4.79 Å². The number of hydrogen-bond acceptors (Lipinski definition) is 7. The predicted molar refractivity (Wildman–Crippen MR) is 144 cm³/mol. The molecule has 35 heavy (non-hydrogen) atoms. The van der Waals surface area contributed by atoms with E-state index in [1.54, 1.807) is 6.20 Å². The minimum Gasteiger partial charge on any atom is -0.395 e. The van der Waals surface area contributed by atoms with Crippen molar-refractivity contribution in [2.45, 2.75) is 25.8 Å².